The molecule has 0 unspecified atom stereocenters. The van der Waals surface area contributed by atoms with Gasteiger partial charge in [-0.3, -0.25) is 4.98 Å². The van der Waals surface area contributed by atoms with E-state index in [1.54, 1.807) is 6.07 Å². The molecule has 0 bridgehead atoms. The van der Waals surface area contributed by atoms with Gasteiger partial charge >= 0.3 is 12.0 Å². The third-order valence-corrected chi connectivity index (χ3v) is 3.22. The number of hydrogen-bond donors (Lipinski definition) is 3. The normalized spacial score (nSPS) is 10.0. The lowest BCUT2D eigenvalue weighted by Gasteiger charge is -2.09. The van der Waals surface area contributed by atoms with Crippen LogP contribution in [0.4, 0.5) is 16.2 Å². The molecule has 0 atom stereocenters. The van der Waals surface area contributed by atoms with Crippen molar-refractivity contribution in [2.24, 2.45) is 0 Å². The highest BCUT2D eigenvalue weighted by Gasteiger charge is 2.12. The van der Waals surface area contributed by atoms with Gasteiger partial charge in [0.15, 0.2) is 0 Å². The number of carbonyl (C=O) groups is 2. The molecule has 0 saturated heterocycles. The number of carboxylic acids is 1. The summed E-state index contributed by atoms with van der Waals surface area (Å²) in [7, 11) is 0. The average Bonchev–Trinajstić information content (AvgIpc) is 2.43. The van der Waals surface area contributed by atoms with Gasteiger partial charge in [-0.05, 0) is 24.3 Å². The van der Waals surface area contributed by atoms with Gasteiger partial charge in [-0.15, -0.1) is 0 Å². The molecule has 1 heterocycles. The maximum atomic E-state index is 11.8. The van der Waals surface area contributed by atoms with E-state index in [-0.39, 0.29) is 11.3 Å². The van der Waals surface area contributed by atoms with E-state index in [9.17, 15) is 9.59 Å². The number of urea groups is 1. The van der Waals surface area contributed by atoms with Gasteiger partial charge < -0.3 is 15.7 Å². The monoisotopic (exact) mass is 325 g/mol. The fourth-order valence-electron chi connectivity index (χ4n) is 1.54. The SMILES string of the molecule is O=C(Nc1ccc(Cl)c(Cl)c1)Nc1cnccc1C(=O)O. The topological polar surface area (TPSA) is 91.3 Å². The second-order valence-electron chi connectivity index (χ2n) is 3.93. The van der Waals surface area contributed by atoms with Crippen LogP contribution < -0.4 is 10.6 Å². The summed E-state index contributed by atoms with van der Waals surface area (Å²) in [5, 5.41) is 14.6. The second kappa shape index (κ2) is 6.43. The number of benzene rings is 1. The van der Waals surface area contributed by atoms with Crippen molar-refractivity contribution in [3.05, 3.63) is 52.3 Å². The molecule has 1 aromatic heterocycles. The van der Waals surface area contributed by atoms with Crippen molar-refractivity contribution in [3.63, 3.8) is 0 Å². The van der Waals surface area contributed by atoms with E-state index >= 15 is 0 Å². The molecule has 8 heteroatoms. The van der Waals surface area contributed by atoms with Crippen molar-refractivity contribution in [2.45, 2.75) is 0 Å². The third kappa shape index (κ3) is 3.84. The number of rotatable bonds is 3. The number of aromatic carboxylic acids is 1. The van der Waals surface area contributed by atoms with Gasteiger partial charge in [0.25, 0.3) is 0 Å². The Labute approximate surface area is 129 Å². The molecular formula is C13H9Cl2N3O3. The first-order valence-corrected chi connectivity index (χ1v) is 6.43. The summed E-state index contributed by atoms with van der Waals surface area (Å²) in [5.74, 6) is -1.16. The van der Waals surface area contributed by atoms with Crippen LogP contribution >= 0.6 is 23.2 Å². The number of hydrogen-bond acceptors (Lipinski definition) is 3. The Bertz CT molecular complexity index is 707. The molecule has 0 saturated carbocycles. The molecule has 2 rings (SSSR count). The largest absolute Gasteiger partial charge is 0.478 e. The smallest absolute Gasteiger partial charge is 0.337 e. The number of amides is 2. The lowest BCUT2D eigenvalue weighted by molar-refractivity contribution is 0.0698. The molecule has 2 aromatic rings. The highest BCUT2D eigenvalue weighted by Crippen LogP contribution is 2.25. The highest BCUT2D eigenvalue weighted by atomic mass is 35.5. The first-order chi connectivity index (χ1) is 9.97. The van der Waals surface area contributed by atoms with Gasteiger partial charge in [0.05, 0.1) is 27.5 Å². The number of aromatic nitrogens is 1. The third-order valence-electron chi connectivity index (χ3n) is 2.48. The molecule has 0 aliphatic carbocycles. The summed E-state index contributed by atoms with van der Waals surface area (Å²) >= 11 is 11.6. The Kier molecular flexibility index (Phi) is 4.62. The van der Waals surface area contributed by atoms with Crippen molar-refractivity contribution in [1.82, 2.24) is 4.98 Å². The molecule has 0 fully saturated rings. The number of nitrogens with zero attached hydrogens (tertiary/aromatic N) is 1. The number of nitrogens with one attached hydrogen (secondary N) is 2. The van der Waals surface area contributed by atoms with Crippen LogP contribution in [-0.4, -0.2) is 22.1 Å². The summed E-state index contributed by atoms with van der Waals surface area (Å²) in [6.45, 7) is 0. The summed E-state index contributed by atoms with van der Waals surface area (Å²) < 4.78 is 0. The minimum absolute atomic E-state index is 0.0608. The summed E-state index contributed by atoms with van der Waals surface area (Å²) in [4.78, 5) is 26.6. The Hall–Kier alpha value is -2.31. The van der Waals surface area contributed by atoms with Crippen molar-refractivity contribution >= 4 is 46.6 Å². The van der Waals surface area contributed by atoms with Crippen LogP contribution in [0.5, 0.6) is 0 Å². The molecule has 0 radical (unpaired) electrons. The predicted molar refractivity (Wildman–Crippen MR) is 80.3 cm³/mol. The summed E-state index contributed by atoms with van der Waals surface area (Å²) in [5.41, 5.74) is 0.444. The van der Waals surface area contributed by atoms with Gasteiger partial charge in [0, 0.05) is 11.9 Å². The van der Waals surface area contributed by atoms with Crippen LogP contribution in [0.15, 0.2) is 36.7 Å². The summed E-state index contributed by atoms with van der Waals surface area (Å²) in [6.07, 6.45) is 2.57. The fourth-order valence-corrected chi connectivity index (χ4v) is 1.84. The standard InChI is InChI=1S/C13H9Cl2N3O3/c14-9-2-1-7(5-10(9)15)17-13(21)18-11-6-16-4-3-8(11)12(19)20/h1-6H,(H,19,20)(H2,17,18,21). The second-order valence-corrected chi connectivity index (χ2v) is 4.75. The molecule has 1 aromatic carbocycles. The highest BCUT2D eigenvalue weighted by molar-refractivity contribution is 6.42. The van der Waals surface area contributed by atoms with E-state index < -0.39 is 12.0 Å². The minimum atomic E-state index is -1.16. The van der Waals surface area contributed by atoms with Crippen molar-refractivity contribution in [2.75, 3.05) is 10.6 Å². The number of carboxylic acid groups (broad SMARTS) is 1. The molecule has 0 aliphatic heterocycles. The van der Waals surface area contributed by atoms with Crippen molar-refractivity contribution in [1.29, 1.82) is 0 Å². The quantitative estimate of drug-likeness (QED) is 0.801. The van der Waals surface area contributed by atoms with E-state index in [4.69, 9.17) is 28.3 Å². The maximum absolute atomic E-state index is 11.8. The number of carbonyl (C=O) groups excluding carboxylic acids is 1. The molecule has 6 nitrogen and oxygen atoms in total. The number of halogens is 2. The van der Waals surface area contributed by atoms with Gasteiger partial charge in [-0.25, -0.2) is 9.59 Å². The molecule has 0 aliphatic rings. The zero-order valence-corrected chi connectivity index (χ0v) is 11.9. The Morgan fingerprint density at radius 1 is 1.10 bits per heavy atom. The van der Waals surface area contributed by atoms with Gasteiger partial charge in [0.1, 0.15) is 0 Å². The first kappa shape index (κ1) is 15.1. The first-order valence-electron chi connectivity index (χ1n) is 5.67. The minimum Gasteiger partial charge on any atom is -0.478 e. The molecule has 2 amide bonds. The van der Waals surface area contributed by atoms with E-state index in [1.807, 2.05) is 0 Å². The van der Waals surface area contributed by atoms with Gasteiger partial charge in [-0.1, -0.05) is 23.2 Å². The fraction of sp³-hybridized carbons (Fsp3) is 0. The van der Waals surface area contributed by atoms with Crippen LogP contribution in [0.1, 0.15) is 10.4 Å². The van der Waals surface area contributed by atoms with E-state index in [1.165, 1.54) is 30.6 Å². The predicted octanol–water partition coefficient (Wildman–Crippen LogP) is 3.73. The zero-order chi connectivity index (χ0) is 15.4. The van der Waals surface area contributed by atoms with E-state index in [0.29, 0.717) is 15.7 Å². The number of pyridine rings is 1. The van der Waals surface area contributed by atoms with Crippen LogP contribution in [0.3, 0.4) is 0 Å². The van der Waals surface area contributed by atoms with Gasteiger partial charge in [0.2, 0.25) is 0 Å². The van der Waals surface area contributed by atoms with E-state index in [2.05, 4.69) is 15.6 Å². The van der Waals surface area contributed by atoms with Crippen molar-refractivity contribution in [3.8, 4) is 0 Å². The average molecular weight is 326 g/mol. The molecule has 0 spiro atoms. The Morgan fingerprint density at radius 2 is 1.86 bits per heavy atom. The molecular weight excluding hydrogens is 317 g/mol. The van der Waals surface area contributed by atoms with Crippen molar-refractivity contribution < 1.29 is 14.7 Å². The Morgan fingerprint density at radius 3 is 2.52 bits per heavy atom. The summed E-state index contributed by atoms with van der Waals surface area (Å²) in [6, 6.07) is 5.24. The van der Waals surface area contributed by atoms with Crippen LogP contribution in [-0.2, 0) is 0 Å². The van der Waals surface area contributed by atoms with Gasteiger partial charge in [-0.2, -0.15) is 0 Å². The van der Waals surface area contributed by atoms with Crippen LogP contribution in [0.25, 0.3) is 0 Å². The van der Waals surface area contributed by atoms with Crippen LogP contribution in [0, 0.1) is 0 Å². The Balaban J connectivity index is 2.12. The molecule has 108 valence electrons. The van der Waals surface area contributed by atoms with Crippen LogP contribution in [0.2, 0.25) is 10.0 Å². The molecule has 21 heavy (non-hydrogen) atoms. The van der Waals surface area contributed by atoms with E-state index in [0.717, 1.165) is 0 Å². The zero-order valence-electron chi connectivity index (χ0n) is 10.4. The lowest BCUT2D eigenvalue weighted by Crippen LogP contribution is -2.21. The lowest BCUT2D eigenvalue weighted by atomic mass is 10.2. The molecule has 3 N–H and O–H groups in total. The number of anilines is 2. The maximum Gasteiger partial charge on any atom is 0.337 e.